The first-order chi connectivity index (χ1) is 8.50. The van der Waals surface area contributed by atoms with Crippen LogP contribution in [-0.4, -0.2) is 30.7 Å². The van der Waals surface area contributed by atoms with Gasteiger partial charge in [0.1, 0.15) is 5.75 Å². The second kappa shape index (κ2) is 4.98. The molecule has 96 valence electrons. The predicted octanol–water partition coefficient (Wildman–Crippen LogP) is 2.85. The molecule has 0 aromatic heterocycles. The van der Waals surface area contributed by atoms with Gasteiger partial charge in [0.25, 0.3) is 0 Å². The van der Waals surface area contributed by atoms with Gasteiger partial charge in [0.15, 0.2) is 0 Å². The molecule has 4 nitrogen and oxygen atoms in total. The lowest BCUT2D eigenvalue weighted by molar-refractivity contribution is 0.416. The summed E-state index contributed by atoms with van der Waals surface area (Å²) in [5.74, 6) is 1.32. The van der Waals surface area contributed by atoms with Crippen molar-refractivity contribution in [3.63, 3.8) is 0 Å². The van der Waals surface area contributed by atoms with E-state index in [0.29, 0.717) is 12.5 Å². The van der Waals surface area contributed by atoms with Gasteiger partial charge in [-0.15, -0.1) is 11.6 Å². The van der Waals surface area contributed by atoms with Crippen LogP contribution < -0.4 is 10.1 Å². The van der Waals surface area contributed by atoms with E-state index in [0.717, 1.165) is 17.0 Å². The number of nitrogens with zero attached hydrogens (tertiary/aromatic N) is 2. The van der Waals surface area contributed by atoms with E-state index in [-0.39, 0.29) is 0 Å². The van der Waals surface area contributed by atoms with E-state index in [1.807, 2.05) is 32.0 Å². The second-order valence-electron chi connectivity index (χ2n) is 4.50. The van der Waals surface area contributed by atoms with Gasteiger partial charge in [-0.25, -0.2) is 9.98 Å². The van der Waals surface area contributed by atoms with Crippen LogP contribution in [0.5, 0.6) is 5.75 Å². The monoisotopic (exact) mass is 265 g/mol. The minimum absolute atomic E-state index is 0.484. The fourth-order valence-electron chi connectivity index (χ4n) is 1.60. The summed E-state index contributed by atoms with van der Waals surface area (Å²) in [6, 6.07) is 5.91. The minimum Gasteiger partial charge on any atom is -0.495 e. The molecule has 1 N–H and O–H groups in total. The van der Waals surface area contributed by atoms with E-state index in [1.165, 1.54) is 0 Å². The number of guanidine groups is 1. The number of methoxy groups -OCH3 is 1. The van der Waals surface area contributed by atoms with Crippen molar-refractivity contribution in [2.75, 3.05) is 19.0 Å². The van der Waals surface area contributed by atoms with Crippen molar-refractivity contribution in [3.05, 3.63) is 23.8 Å². The smallest absolute Gasteiger partial charge is 0.222 e. The van der Waals surface area contributed by atoms with Crippen LogP contribution in [-0.2, 0) is 0 Å². The van der Waals surface area contributed by atoms with Crippen molar-refractivity contribution in [1.82, 2.24) is 0 Å². The molecule has 0 saturated heterocycles. The Labute approximate surface area is 112 Å². The zero-order valence-electron chi connectivity index (χ0n) is 10.7. The standard InChI is InChI=1S/C13H16ClN3O/c1-9-4-5-10(11(6-9)18-3)17-12-15-7-13(2,14)8-16-12/h4-7H,8H2,1-3H3,(H,16,17)/t13-/m1/s1. The van der Waals surface area contributed by atoms with Crippen LogP contribution in [0.2, 0.25) is 0 Å². The Morgan fingerprint density at radius 1 is 1.44 bits per heavy atom. The molecular weight excluding hydrogens is 250 g/mol. The second-order valence-corrected chi connectivity index (χ2v) is 5.37. The largest absolute Gasteiger partial charge is 0.495 e. The zero-order chi connectivity index (χ0) is 13.2. The fourth-order valence-corrected chi connectivity index (χ4v) is 1.71. The average molecular weight is 266 g/mol. The number of halogens is 1. The van der Waals surface area contributed by atoms with Gasteiger partial charge >= 0.3 is 0 Å². The fraction of sp³-hybridized carbons (Fsp3) is 0.385. The highest BCUT2D eigenvalue weighted by molar-refractivity contribution is 6.33. The normalized spacial score (nSPS) is 22.6. The number of aryl methyl sites for hydroxylation is 1. The molecule has 0 aliphatic carbocycles. The van der Waals surface area contributed by atoms with Crippen molar-refractivity contribution in [2.24, 2.45) is 9.98 Å². The number of hydrogen-bond donors (Lipinski definition) is 1. The van der Waals surface area contributed by atoms with Crippen LogP contribution in [0.25, 0.3) is 0 Å². The van der Waals surface area contributed by atoms with Crippen molar-refractivity contribution in [3.8, 4) is 5.75 Å². The summed E-state index contributed by atoms with van der Waals surface area (Å²) < 4.78 is 5.31. The third-order valence-corrected chi connectivity index (χ3v) is 2.81. The van der Waals surface area contributed by atoms with E-state index in [9.17, 15) is 0 Å². The third kappa shape index (κ3) is 3.01. The molecule has 0 unspecified atom stereocenters. The van der Waals surface area contributed by atoms with Gasteiger partial charge in [-0.1, -0.05) is 6.07 Å². The number of alkyl halides is 1. The lowest BCUT2D eigenvalue weighted by Crippen LogP contribution is -2.29. The molecule has 1 aromatic carbocycles. The summed E-state index contributed by atoms with van der Waals surface area (Å²) in [6.07, 6.45) is 1.70. The lowest BCUT2D eigenvalue weighted by atomic mass is 10.2. The van der Waals surface area contributed by atoms with Crippen molar-refractivity contribution in [1.29, 1.82) is 0 Å². The first-order valence-electron chi connectivity index (χ1n) is 5.70. The molecule has 18 heavy (non-hydrogen) atoms. The van der Waals surface area contributed by atoms with Crippen LogP contribution in [0, 0.1) is 6.92 Å². The van der Waals surface area contributed by atoms with Crippen molar-refractivity contribution in [2.45, 2.75) is 18.7 Å². The Morgan fingerprint density at radius 2 is 2.22 bits per heavy atom. The number of anilines is 1. The molecule has 1 heterocycles. The SMILES string of the molecule is COc1cc(C)ccc1NC1=NC[C@](C)(Cl)C=N1. The maximum atomic E-state index is 6.11. The molecule has 0 fully saturated rings. The molecule has 2 rings (SSSR count). The van der Waals surface area contributed by atoms with Crippen LogP contribution in [0.1, 0.15) is 12.5 Å². The van der Waals surface area contributed by atoms with Crippen LogP contribution in [0.3, 0.4) is 0 Å². The minimum atomic E-state index is -0.484. The van der Waals surface area contributed by atoms with E-state index >= 15 is 0 Å². The Hall–Kier alpha value is -1.55. The topological polar surface area (TPSA) is 46.0 Å². The van der Waals surface area contributed by atoms with Crippen LogP contribution in [0.15, 0.2) is 28.2 Å². The van der Waals surface area contributed by atoms with Gasteiger partial charge in [0.2, 0.25) is 5.96 Å². The molecule has 1 aromatic rings. The molecule has 0 amide bonds. The molecule has 0 radical (unpaired) electrons. The molecule has 0 saturated carbocycles. The highest BCUT2D eigenvalue weighted by Crippen LogP contribution is 2.26. The van der Waals surface area contributed by atoms with Crippen molar-refractivity contribution < 1.29 is 4.74 Å². The van der Waals surface area contributed by atoms with Crippen molar-refractivity contribution >= 4 is 29.5 Å². The zero-order valence-corrected chi connectivity index (χ0v) is 11.5. The number of ether oxygens (including phenoxy) is 1. The summed E-state index contributed by atoms with van der Waals surface area (Å²) in [6.45, 7) is 4.40. The number of aliphatic imine (C=N–C) groups is 2. The molecule has 0 spiro atoms. The summed E-state index contributed by atoms with van der Waals surface area (Å²) in [4.78, 5) is 8.01. The molecule has 0 bridgehead atoms. The van der Waals surface area contributed by atoms with E-state index in [4.69, 9.17) is 16.3 Å². The first-order valence-corrected chi connectivity index (χ1v) is 6.08. The Balaban J connectivity index is 2.16. The Kier molecular flexibility index (Phi) is 3.57. The highest BCUT2D eigenvalue weighted by atomic mass is 35.5. The van der Waals surface area contributed by atoms with Gasteiger partial charge in [0, 0.05) is 6.21 Å². The first kappa shape index (κ1) is 12.9. The molecule has 1 atom stereocenters. The van der Waals surface area contributed by atoms with E-state index in [2.05, 4.69) is 15.3 Å². The third-order valence-electron chi connectivity index (χ3n) is 2.60. The average Bonchev–Trinajstić information content (AvgIpc) is 2.34. The lowest BCUT2D eigenvalue weighted by Gasteiger charge is -2.19. The maximum absolute atomic E-state index is 6.11. The number of nitrogens with one attached hydrogen (secondary N) is 1. The van der Waals surface area contributed by atoms with Gasteiger partial charge in [0.05, 0.1) is 24.2 Å². The summed E-state index contributed by atoms with van der Waals surface area (Å²) in [7, 11) is 1.64. The number of hydrogen-bond acceptors (Lipinski definition) is 4. The van der Waals surface area contributed by atoms with E-state index < -0.39 is 4.87 Å². The Morgan fingerprint density at radius 3 is 2.83 bits per heavy atom. The molecule has 1 aliphatic heterocycles. The summed E-state index contributed by atoms with van der Waals surface area (Å²) in [5.41, 5.74) is 1.98. The van der Waals surface area contributed by atoms with Gasteiger partial charge in [-0.05, 0) is 31.5 Å². The summed E-state index contributed by atoms with van der Waals surface area (Å²) >= 11 is 6.11. The molecule has 1 aliphatic rings. The van der Waals surface area contributed by atoms with E-state index in [1.54, 1.807) is 13.3 Å². The van der Waals surface area contributed by atoms with Gasteiger partial charge in [-0.3, -0.25) is 0 Å². The Bertz CT molecular complexity index is 509. The number of benzene rings is 1. The molecule has 5 heteroatoms. The van der Waals surface area contributed by atoms with Gasteiger partial charge < -0.3 is 10.1 Å². The highest BCUT2D eigenvalue weighted by Gasteiger charge is 2.21. The van der Waals surface area contributed by atoms with Crippen LogP contribution in [0.4, 0.5) is 5.69 Å². The quantitative estimate of drug-likeness (QED) is 0.836. The van der Waals surface area contributed by atoms with Gasteiger partial charge in [-0.2, -0.15) is 0 Å². The predicted molar refractivity (Wildman–Crippen MR) is 76.4 cm³/mol. The molecular formula is C13H16ClN3O. The number of rotatable bonds is 2. The van der Waals surface area contributed by atoms with Crippen LogP contribution >= 0.6 is 11.6 Å². The maximum Gasteiger partial charge on any atom is 0.222 e. The summed E-state index contributed by atoms with van der Waals surface area (Å²) in [5, 5.41) is 3.13.